The zero-order chi connectivity index (χ0) is 15.2. The van der Waals surface area contributed by atoms with Crippen LogP contribution in [0.3, 0.4) is 0 Å². The van der Waals surface area contributed by atoms with Crippen LogP contribution in [-0.4, -0.2) is 11.9 Å². The van der Waals surface area contributed by atoms with Gasteiger partial charge < -0.3 is 5.32 Å². The second-order valence-corrected chi connectivity index (χ2v) is 5.77. The number of amidine groups is 1. The van der Waals surface area contributed by atoms with E-state index in [9.17, 15) is 4.39 Å². The Bertz CT molecular complexity index is 614. The van der Waals surface area contributed by atoms with E-state index in [1.54, 1.807) is 12.1 Å². The number of rotatable bonds is 3. The van der Waals surface area contributed by atoms with Crippen LogP contribution < -0.4 is 5.32 Å². The summed E-state index contributed by atoms with van der Waals surface area (Å²) in [5.74, 6) is 0.648. The maximum absolute atomic E-state index is 13.1. The Labute approximate surface area is 131 Å². The third kappa shape index (κ3) is 3.94. The van der Waals surface area contributed by atoms with Gasteiger partial charge in [-0.1, -0.05) is 49.6 Å². The molecule has 0 bridgehead atoms. The molecule has 1 aliphatic rings. The summed E-state index contributed by atoms with van der Waals surface area (Å²) in [5.41, 5.74) is 1.93. The van der Waals surface area contributed by atoms with E-state index in [0.29, 0.717) is 6.04 Å². The lowest BCUT2D eigenvalue weighted by Gasteiger charge is -2.20. The van der Waals surface area contributed by atoms with Gasteiger partial charge in [0.25, 0.3) is 0 Å². The summed E-state index contributed by atoms with van der Waals surface area (Å²) in [6.45, 7) is 0. The molecule has 2 nitrogen and oxygen atoms in total. The largest absolute Gasteiger partial charge is 0.340 e. The molecule has 0 spiro atoms. The van der Waals surface area contributed by atoms with Gasteiger partial charge in [0.1, 0.15) is 11.7 Å². The smallest absolute Gasteiger partial charge is 0.133 e. The Kier molecular flexibility index (Phi) is 4.84. The van der Waals surface area contributed by atoms with Gasteiger partial charge >= 0.3 is 0 Å². The monoisotopic (exact) mass is 296 g/mol. The Morgan fingerprint density at radius 1 is 0.909 bits per heavy atom. The van der Waals surface area contributed by atoms with Crippen LogP contribution in [0.2, 0.25) is 0 Å². The van der Waals surface area contributed by atoms with Crippen molar-refractivity contribution in [3.8, 4) is 0 Å². The van der Waals surface area contributed by atoms with Crippen molar-refractivity contribution < 1.29 is 4.39 Å². The van der Waals surface area contributed by atoms with Gasteiger partial charge in [0.05, 0.1) is 6.04 Å². The molecule has 2 aromatic rings. The van der Waals surface area contributed by atoms with Crippen molar-refractivity contribution in [3.63, 3.8) is 0 Å². The van der Waals surface area contributed by atoms with E-state index in [2.05, 4.69) is 17.4 Å². The van der Waals surface area contributed by atoms with Gasteiger partial charge in [-0.25, -0.2) is 4.39 Å². The number of aliphatic imine (C=N–C) groups is 1. The van der Waals surface area contributed by atoms with Crippen LogP contribution in [0.5, 0.6) is 0 Å². The molecule has 22 heavy (non-hydrogen) atoms. The second-order valence-electron chi connectivity index (χ2n) is 5.77. The minimum atomic E-state index is -0.226. The lowest BCUT2D eigenvalue weighted by atomic mass is 9.96. The van der Waals surface area contributed by atoms with Gasteiger partial charge in [-0.2, -0.15) is 0 Å². The minimum Gasteiger partial charge on any atom is -0.340 e. The van der Waals surface area contributed by atoms with E-state index in [-0.39, 0.29) is 5.82 Å². The first-order valence-corrected chi connectivity index (χ1v) is 7.97. The van der Waals surface area contributed by atoms with E-state index >= 15 is 0 Å². The summed E-state index contributed by atoms with van der Waals surface area (Å²) >= 11 is 0. The summed E-state index contributed by atoms with van der Waals surface area (Å²) in [6.07, 6.45) is 6.14. The average molecular weight is 296 g/mol. The van der Waals surface area contributed by atoms with Gasteiger partial charge in [0, 0.05) is 11.3 Å². The molecule has 1 saturated carbocycles. The van der Waals surface area contributed by atoms with Crippen LogP contribution in [-0.2, 0) is 0 Å². The van der Waals surface area contributed by atoms with Crippen molar-refractivity contribution in [3.05, 3.63) is 66.0 Å². The molecule has 0 atom stereocenters. The topological polar surface area (TPSA) is 24.4 Å². The van der Waals surface area contributed by atoms with Gasteiger partial charge in [0.15, 0.2) is 0 Å². The lowest BCUT2D eigenvalue weighted by molar-refractivity contribution is 0.443. The predicted octanol–water partition coefficient (Wildman–Crippen LogP) is 5.02. The number of hydrogen-bond acceptors (Lipinski definition) is 1. The van der Waals surface area contributed by atoms with E-state index < -0.39 is 0 Å². The molecule has 0 heterocycles. The van der Waals surface area contributed by atoms with Crippen molar-refractivity contribution >= 4 is 11.5 Å². The highest BCUT2D eigenvalue weighted by atomic mass is 19.1. The molecular weight excluding hydrogens is 275 g/mol. The zero-order valence-corrected chi connectivity index (χ0v) is 12.6. The molecule has 0 amide bonds. The minimum absolute atomic E-state index is 0.226. The third-order valence-electron chi connectivity index (χ3n) is 4.04. The number of anilines is 1. The first kappa shape index (κ1) is 14.8. The Morgan fingerprint density at radius 2 is 1.59 bits per heavy atom. The van der Waals surface area contributed by atoms with Crippen molar-refractivity contribution in [2.45, 2.75) is 38.1 Å². The lowest BCUT2D eigenvalue weighted by Crippen LogP contribution is -2.19. The molecule has 1 fully saturated rings. The molecule has 114 valence electrons. The molecule has 0 unspecified atom stereocenters. The van der Waals surface area contributed by atoms with Crippen LogP contribution in [0.15, 0.2) is 59.6 Å². The fourth-order valence-corrected chi connectivity index (χ4v) is 2.84. The van der Waals surface area contributed by atoms with E-state index in [4.69, 9.17) is 4.99 Å². The number of halogens is 1. The first-order valence-electron chi connectivity index (χ1n) is 7.97. The Balaban J connectivity index is 1.85. The van der Waals surface area contributed by atoms with E-state index in [0.717, 1.165) is 29.9 Å². The molecule has 3 heteroatoms. The van der Waals surface area contributed by atoms with Crippen LogP contribution >= 0.6 is 0 Å². The molecule has 0 aliphatic heterocycles. The second kappa shape index (κ2) is 7.21. The third-order valence-corrected chi connectivity index (χ3v) is 4.04. The van der Waals surface area contributed by atoms with Crippen molar-refractivity contribution in [2.75, 3.05) is 5.32 Å². The van der Waals surface area contributed by atoms with Crippen LogP contribution in [0.1, 0.15) is 37.7 Å². The maximum Gasteiger partial charge on any atom is 0.133 e. The standard InChI is InChI=1S/C19H21FN2/c20-16-11-13-18(14-12-16)22-19(15-7-3-1-4-8-15)21-17-9-5-2-6-10-17/h1,3-4,7-8,11-14,17H,2,5-6,9-10H2,(H,21,22). The van der Waals surface area contributed by atoms with Gasteiger partial charge in [0.2, 0.25) is 0 Å². The SMILES string of the molecule is Fc1ccc(NC(=NC2CCCCC2)c2ccccc2)cc1. The molecule has 0 saturated heterocycles. The van der Waals surface area contributed by atoms with Gasteiger partial charge in [-0.3, -0.25) is 4.99 Å². The first-order chi connectivity index (χ1) is 10.8. The summed E-state index contributed by atoms with van der Waals surface area (Å²) in [5, 5.41) is 3.35. The molecular formula is C19H21FN2. The molecule has 0 aromatic heterocycles. The molecule has 1 N–H and O–H groups in total. The summed E-state index contributed by atoms with van der Waals surface area (Å²) in [6, 6.07) is 16.9. The van der Waals surface area contributed by atoms with Gasteiger partial charge in [-0.05, 0) is 37.1 Å². The normalized spacial score (nSPS) is 16.5. The highest BCUT2D eigenvalue weighted by Crippen LogP contribution is 2.21. The van der Waals surface area contributed by atoms with Crippen molar-refractivity contribution in [1.82, 2.24) is 0 Å². The van der Waals surface area contributed by atoms with E-state index in [1.165, 1.54) is 31.4 Å². The van der Waals surface area contributed by atoms with Crippen molar-refractivity contribution in [1.29, 1.82) is 0 Å². The van der Waals surface area contributed by atoms with Crippen LogP contribution in [0.4, 0.5) is 10.1 Å². The highest BCUT2D eigenvalue weighted by molar-refractivity contribution is 6.08. The number of nitrogens with zero attached hydrogens (tertiary/aromatic N) is 1. The summed E-state index contributed by atoms with van der Waals surface area (Å²) < 4.78 is 13.1. The van der Waals surface area contributed by atoms with Gasteiger partial charge in [-0.15, -0.1) is 0 Å². The molecule has 2 aromatic carbocycles. The fourth-order valence-electron chi connectivity index (χ4n) is 2.84. The summed E-state index contributed by atoms with van der Waals surface area (Å²) in [4.78, 5) is 4.94. The van der Waals surface area contributed by atoms with Crippen molar-refractivity contribution in [2.24, 2.45) is 4.99 Å². The molecule has 3 rings (SSSR count). The highest BCUT2D eigenvalue weighted by Gasteiger charge is 2.14. The van der Waals surface area contributed by atoms with Crippen LogP contribution in [0, 0.1) is 5.82 Å². The predicted molar refractivity (Wildman–Crippen MR) is 89.9 cm³/mol. The Morgan fingerprint density at radius 3 is 2.27 bits per heavy atom. The quantitative estimate of drug-likeness (QED) is 0.624. The Hall–Kier alpha value is -2.16. The van der Waals surface area contributed by atoms with Crippen LogP contribution in [0.25, 0.3) is 0 Å². The fraction of sp³-hybridized carbons (Fsp3) is 0.316. The number of benzene rings is 2. The molecule has 0 radical (unpaired) electrons. The zero-order valence-electron chi connectivity index (χ0n) is 12.6. The summed E-state index contributed by atoms with van der Waals surface area (Å²) in [7, 11) is 0. The van der Waals surface area contributed by atoms with E-state index in [1.807, 2.05) is 18.2 Å². The average Bonchev–Trinajstić information content (AvgIpc) is 2.58. The number of nitrogens with one attached hydrogen (secondary N) is 1. The maximum atomic E-state index is 13.1. The number of hydrogen-bond donors (Lipinski definition) is 1. The molecule has 1 aliphatic carbocycles.